The first-order chi connectivity index (χ1) is 6.36. The number of allylic oxidation sites excluding steroid dienone is 1. The number of nitrogens with one attached hydrogen (secondary N) is 3. The van der Waals surface area contributed by atoms with Crippen LogP contribution >= 0.6 is 0 Å². The molecule has 13 heavy (non-hydrogen) atoms. The number of aliphatic imine (C=N–C) groups is 1. The van der Waals surface area contributed by atoms with Crippen LogP contribution < -0.4 is 16.2 Å². The maximum Gasteiger partial charge on any atom is 0.249 e. The highest BCUT2D eigenvalue weighted by atomic mass is 16.2. The monoisotopic (exact) mass is 176 g/mol. The summed E-state index contributed by atoms with van der Waals surface area (Å²) in [6.45, 7) is 0.646. The highest BCUT2D eigenvalue weighted by Gasteiger charge is 2.36. The van der Waals surface area contributed by atoms with E-state index in [-0.39, 0.29) is 11.8 Å². The molecule has 0 aromatic rings. The number of hydrogen-bond donors (Lipinski definition) is 3. The molecule has 3 aliphatic rings. The standard InChI is InChI=1S/C8H8N4O/c13-8-5-2-10-6-3-9-1-4(6)7(5)11-12-8/h1,3,5,10-11H,2H2,(H,12,13). The van der Waals surface area contributed by atoms with Crippen molar-refractivity contribution in [2.24, 2.45) is 10.9 Å². The van der Waals surface area contributed by atoms with E-state index < -0.39 is 0 Å². The number of rotatable bonds is 0. The van der Waals surface area contributed by atoms with Gasteiger partial charge in [0.05, 0.1) is 23.5 Å². The van der Waals surface area contributed by atoms with Crippen LogP contribution in [-0.2, 0) is 4.79 Å². The van der Waals surface area contributed by atoms with Crippen LogP contribution in [-0.4, -0.2) is 18.7 Å². The molecule has 3 heterocycles. The van der Waals surface area contributed by atoms with Crippen molar-refractivity contribution >= 4 is 12.1 Å². The summed E-state index contributed by atoms with van der Waals surface area (Å²) in [6, 6.07) is 0. The molecule has 1 unspecified atom stereocenters. The highest BCUT2D eigenvalue weighted by Crippen LogP contribution is 2.26. The second kappa shape index (κ2) is 2.12. The van der Waals surface area contributed by atoms with Crippen LogP contribution in [0.4, 0.5) is 0 Å². The van der Waals surface area contributed by atoms with E-state index in [2.05, 4.69) is 21.2 Å². The number of nitrogens with zero attached hydrogens (tertiary/aromatic N) is 1. The molecule has 0 aliphatic carbocycles. The number of hydrogen-bond acceptors (Lipinski definition) is 4. The molecule has 0 saturated carbocycles. The van der Waals surface area contributed by atoms with E-state index in [1.165, 1.54) is 0 Å². The van der Waals surface area contributed by atoms with Gasteiger partial charge in [-0.2, -0.15) is 0 Å². The van der Waals surface area contributed by atoms with Gasteiger partial charge in [0.2, 0.25) is 5.91 Å². The summed E-state index contributed by atoms with van der Waals surface area (Å²) in [7, 11) is 0. The Kier molecular flexibility index (Phi) is 1.10. The smallest absolute Gasteiger partial charge is 0.249 e. The average Bonchev–Trinajstić information content (AvgIpc) is 2.70. The molecule has 3 rings (SSSR count). The second-order valence-corrected chi connectivity index (χ2v) is 3.20. The van der Waals surface area contributed by atoms with Crippen molar-refractivity contribution in [3.8, 4) is 0 Å². The van der Waals surface area contributed by atoms with E-state index in [9.17, 15) is 4.79 Å². The molecule has 0 aromatic heterocycles. The molecular formula is C8H8N4O. The maximum absolute atomic E-state index is 11.3. The number of carbonyl (C=O) groups excluding carboxylic acids is 1. The third-order valence-electron chi connectivity index (χ3n) is 2.47. The first-order valence-electron chi connectivity index (χ1n) is 4.14. The minimum absolute atomic E-state index is 0.0225. The molecule has 0 radical (unpaired) electrons. The van der Waals surface area contributed by atoms with E-state index in [1.807, 2.05) is 0 Å². The summed E-state index contributed by atoms with van der Waals surface area (Å²) < 4.78 is 0. The molecule has 66 valence electrons. The number of fused-ring (bicyclic) bond motifs is 2. The average molecular weight is 176 g/mol. The first-order valence-corrected chi connectivity index (χ1v) is 4.14. The summed E-state index contributed by atoms with van der Waals surface area (Å²) in [6.07, 6.45) is 3.53. The fourth-order valence-corrected chi connectivity index (χ4v) is 1.78. The minimum Gasteiger partial charge on any atom is -0.382 e. The summed E-state index contributed by atoms with van der Waals surface area (Å²) in [5, 5.41) is 3.16. The zero-order valence-electron chi connectivity index (χ0n) is 6.79. The molecule has 1 fully saturated rings. The van der Waals surface area contributed by atoms with Crippen LogP contribution in [0.1, 0.15) is 0 Å². The fourth-order valence-electron chi connectivity index (χ4n) is 1.78. The Morgan fingerprint density at radius 3 is 3.31 bits per heavy atom. The summed E-state index contributed by atoms with van der Waals surface area (Å²) >= 11 is 0. The Morgan fingerprint density at radius 1 is 1.46 bits per heavy atom. The third kappa shape index (κ3) is 0.756. The van der Waals surface area contributed by atoms with Gasteiger partial charge in [-0.1, -0.05) is 0 Å². The molecule has 5 nitrogen and oxygen atoms in total. The third-order valence-corrected chi connectivity index (χ3v) is 2.47. The van der Waals surface area contributed by atoms with Gasteiger partial charge in [-0.25, -0.2) is 0 Å². The largest absolute Gasteiger partial charge is 0.382 e. The normalized spacial score (nSPS) is 28.8. The van der Waals surface area contributed by atoms with Crippen molar-refractivity contribution in [1.29, 1.82) is 0 Å². The van der Waals surface area contributed by atoms with Crippen molar-refractivity contribution in [3.63, 3.8) is 0 Å². The van der Waals surface area contributed by atoms with Crippen LogP contribution in [0, 0.1) is 5.92 Å². The van der Waals surface area contributed by atoms with Crippen molar-refractivity contribution in [1.82, 2.24) is 16.2 Å². The number of hydrazine groups is 1. The quantitative estimate of drug-likeness (QED) is 0.444. The van der Waals surface area contributed by atoms with E-state index in [0.717, 1.165) is 17.0 Å². The van der Waals surface area contributed by atoms with Crippen LogP contribution in [0.5, 0.6) is 0 Å². The molecule has 1 saturated heterocycles. The lowest BCUT2D eigenvalue weighted by molar-refractivity contribution is -0.122. The first kappa shape index (κ1) is 6.71. The Balaban J connectivity index is 2.14. The molecule has 5 heteroatoms. The van der Waals surface area contributed by atoms with Gasteiger partial charge < -0.3 is 10.7 Å². The van der Waals surface area contributed by atoms with Crippen molar-refractivity contribution in [3.05, 3.63) is 23.2 Å². The van der Waals surface area contributed by atoms with Crippen molar-refractivity contribution < 1.29 is 4.79 Å². The van der Waals surface area contributed by atoms with Gasteiger partial charge in [0.25, 0.3) is 0 Å². The lowest BCUT2D eigenvalue weighted by Crippen LogP contribution is -2.33. The van der Waals surface area contributed by atoms with Crippen LogP contribution in [0.3, 0.4) is 0 Å². The Morgan fingerprint density at radius 2 is 2.38 bits per heavy atom. The Bertz CT molecular complexity index is 380. The molecule has 3 aliphatic heterocycles. The summed E-state index contributed by atoms with van der Waals surface area (Å²) in [4.78, 5) is 15.3. The van der Waals surface area contributed by atoms with Crippen molar-refractivity contribution in [2.75, 3.05) is 6.54 Å². The molecule has 0 spiro atoms. The Labute approximate surface area is 74.6 Å². The van der Waals surface area contributed by atoms with E-state index in [0.29, 0.717) is 6.54 Å². The Hall–Kier alpha value is -1.78. The minimum atomic E-state index is -0.0864. The lowest BCUT2D eigenvalue weighted by atomic mass is 9.97. The van der Waals surface area contributed by atoms with Gasteiger partial charge in [0.15, 0.2) is 0 Å². The van der Waals surface area contributed by atoms with Gasteiger partial charge >= 0.3 is 0 Å². The van der Waals surface area contributed by atoms with Gasteiger partial charge in [-0.05, 0) is 0 Å². The lowest BCUT2D eigenvalue weighted by Gasteiger charge is -2.20. The molecule has 1 atom stereocenters. The van der Waals surface area contributed by atoms with Crippen LogP contribution in [0.2, 0.25) is 0 Å². The van der Waals surface area contributed by atoms with Crippen LogP contribution in [0.15, 0.2) is 28.2 Å². The van der Waals surface area contributed by atoms with Gasteiger partial charge in [-0.15, -0.1) is 0 Å². The SMILES string of the molecule is O=C1NNC2=C3C=NC=C3NCC12. The zero-order valence-corrected chi connectivity index (χ0v) is 6.79. The number of carbonyl (C=O) groups is 1. The van der Waals surface area contributed by atoms with Gasteiger partial charge in [0.1, 0.15) is 0 Å². The summed E-state index contributed by atoms with van der Waals surface area (Å²) in [5.41, 5.74) is 8.42. The molecule has 1 amide bonds. The summed E-state index contributed by atoms with van der Waals surface area (Å²) in [5.74, 6) is -0.0638. The predicted octanol–water partition coefficient (Wildman–Crippen LogP) is -0.980. The van der Waals surface area contributed by atoms with E-state index in [4.69, 9.17) is 0 Å². The van der Waals surface area contributed by atoms with E-state index >= 15 is 0 Å². The zero-order chi connectivity index (χ0) is 8.84. The van der Waals surface area contributed by atoms with Gasteiger partial charge in [0, 0.05) is 18.3 Å². The maximum atomic E-state index is 11.3. The molecule has 0 aromatic carbocycles. The molecule has 0 bridgehead atoms. The highest BCUT2D eigenvalue weighted by molar-refractivity contribution is 5.94. The van der Waals surface area contributed by atoms with Crippen molar-refractivity contribution in [2.45, 2.75) is 0 Å². The topological polar surface area (TPSA) is 65.5 Å². The molecule has 3 N–H and O–H groups in total. The van der Waals surface area contributed by atoms with Crippen LogP contribution in [0.25, 0.3) is 0 Å². The number of amides is 1. The van der Waals surface area contributed by atoms with Gasteiger partial charge in [-0.3, -0.25) is 15.2 Å². The predicted molar refractivity (Wildman–Crippen MR) is 46.4 cm³/mol. The van der Waals surface area contributed by atoms with E-state index in [1.54, 1.807) is 12.4 Å². The fraction of sp³-hybridized carbons (Fsp3) is 0.250. The molecular weight excluding hydrogens is 168 g/mol. The second-order valence-electron chi connectivity index (χ2n) is 3.20.